The Morgan fingerprint density at radius 3 is 2.19 bits per heavy atom. The van der Waals surface area contributed by atoms with E-state index in [4.69, 9.17) is 28.9 Å². The lowest BCUT2D eigenvalue weighted by atomic mass is 10.0. The Balaban J connectivity index is 0.00000225. The van der Waals surface area contributed by atoms with Gasteiger partial charge in [0.15, 0.2) is 0 Å². The van der Waals surface area contributed by atoms with Crippen LogP contribution in [0.1, 0.15) is 18.0 Å². The highest BCUT2D eigenvalue weighted by atomic mass is 35.5. The quantitative estimate of drug-likeness (QED) is 0.830. The Kier molecular flexibility index (Phi) is 6.48. The minimum Gasteiger partial charge on any atom is -0.324 e. The zero-order chi connectivity index (χ0) is 11.6. The zero-order valence-corrected chi connectivity index (χ0v) is 10.2. The predicted octanol–water partition coefficient (Wildman–Crippen LogP) is 4.21. The minimum absolute atomic E-state index is 0. The van der Waals surface area contributed by atoms with Gasteiger partial charge in [-0.2, -0.15) is 0 Å². The SMILES string of the molecule is Cl.N[C@@H](CC(F)F)c1c(Cl)ccc(Cl)c1F. The molecule has 0 fully saturated rings. The third-order valence-electron chi connectivity index (χ3n) is 1.88. The Hall–Kier alpha value is -0.160. The molecule has 0 aliphatic heterocycles. The molecule has 0 heterocycles. The van der Waals surface area contributed by atoms with Crippen molar-refractivity contribution in [3.63, 3.8) is 0 Å². The van der Waals surface area contributed by atoms with Crippen molar-refractivity contribution in [2.45, 2.75) is 18.9 Å². The summed E-state index contributed by atoms with van der Waals surface area (Å²) in [6, 6.07) is 1.42. The maximum atomic E-state index is 13.4. The summed E-state index contributed by atoms with van der Waals surface area (Å²) in [6.07, 6.45) is -3.27. The molecular weight excluding hydrogens is 285 g/mol. The van der Waals surface area contributed by atoms with Crippen molar-refractivity contribution in [3.8, 4) is 0 Å². The summed E-state index contributed by atoms with van der Waals surface area (Å²) >= 11 is 11.1. The summed E-state index contributed by atoms with van der Waals surface area (Å²) in [6.45, 7) is 0. The first-order valence-electron chi connectivity index (χ1n) is 4.10. The molecule has 2 N–H and O–H groups in total. The fraction of sp³-hybridized carbons (Fsp3) is 0.333. The van der Waals surface area contributed by atoms with E-state index < -0.39 is 24.7 Å². The molecule has 0 aliphatic carbocycles. The molecule has 0 saturated heterocycles. The van der Waals surface area contributed by atoms with Gasteiger partial charge in [0, 0.05) is 23.0 Å². The molecule has 1 aromatic rings. The molecule has 1 rings (SSSR count). The lowest BCUT2D eigenvalue weighted by Crippen LogP contribution is -2.16. The Bertz CT molecular complexity index is 360. The zero-order valence-electron chi connectivity index (χ0n) is 7.89. The molecule has 0 bridgehead atoms. The van der Waals surface area contributed by atoms with Crippen LogP contribution >= 0.6 is 35.6 Å². The van der Waals surface area contributed by atoms with Crippen molar-refractivity contribution in [2.75, 3.05) is 0 Å². The van der Waals surface area contributed by atoms with Crippen LogP contribution in [0.4, 0.5) is 13.2 Å². The smallest absolute Gasteiger partial charge is 0.240 e. The van der Waals surface area contributed by atoms with Crippen molar-refractivity contribution in [1.82, 2.24) is 0 Å². The monoisotopic (exact) mass is 293 g/mol. The molecule has 0 saturated carbocycles. The van der Waals surface area contributed by atoms with E-state index in [1.165, 1.54) is 12.1 Å². The van der Waals surface area contributed by atoms with Gasteiger partial charge in [-0.05, 0) is 12.1 Å². The van der Waals surface area contributed by atoms with Crippen LogP contribution in [0, 0.1) is 5.82 Å². The number of benzene rings is 1. The first-order chi connectivity index (χ1) is 6.93. The van der Waals surface area contributed by atoms with Gasteiger partial charge < -0.3 is 5.73 Å². The molecule has 0 unspecified atom stereocenters. The largest absolute Gasteiger partial charge is 0.324 e. The van der Waals surface area contributed by atoms with Gasteiger partial charge in [-0.1, -0.05) is 23.2 Å². The van der Waals surface area contributed by atoms with E-state index in [1.807, 2.05) is 0 Å². The summed E-state index contributed by atoms with van der Waals surface area (Å²) in [5, 5.41) is -0.177. The third-order valence-corrected chi connectivity index (χ3v) is 2.50. The van der Waals surface area contributed by atoms with E-state index in [-0.39, 0.29) is 28.0 Å². The number of alkyl halides is 2. The van der Waals surface area contributed by atoms with Crippen LogP contribution in [0.15, 0.2) is 12.1 Å². The van der Waals surface area contributed by atoms with Crippen LogP contribution < -0.4 is 5.73 Å². The number of hydrogen-bond donors (Lipinski definition) is 1. The van der Waals surface area contributed by atoms with E-state index in [0.29, 0.717) is 0 Å². The molecule has 16 heavy (non-hydrogen) atoms. The average Bonchev–Trinajstić information content (AvgIpc) is 2.11. The first kappa shape index (κ1) is 15.8. The maximum absolute atomic E-state index is 13.4. The Morgan fingerprint density at radius 1 is 1.19 bits per heavy atom. The number of nitrogens with two attached hydrogens (primary N) is 1. The van der Waals surface area contributed by atoms with Crippen LogP contribution in [-0.4, -0.2) is 6.43 Å². The van der Waals surface area contributed by atoms with Crippen molar-refractivity contribution >= 4 is 35.6 Å². The van der Waals surface area contributed by atoms with Crippen LogP contribution in [0.2, 0.25) is 10.0 Å². The summed E-state index contributed by atoms with van der Waals surface area (Å²) in [5.74, 6) is -0.836. The first-order valence-corrected chi connectivity index (χ1v) is 4.86. The molecule has 0 amide bonds. The molecular formula is C9H9Cl3F3N. The third kappa shape index (κ3) is 3.70. The van der Waals surface area contributed by atoms with Gasteiger partial charge in [-0.3, -0.25) is 0 Å². The van der Waals surface area contributed by atoms with Gasteiger partial charge in [0.05, 0.1) is 5.02 Å². The summed E-state index contributed by atoms with van der Waals surface area (Å²) in [4.78, 5) is 0. The van der Waals surface area contributed by atoms with E-state index in [9.17, 15) is 13.2 Å². The average molecular weight is 295 g/mol. The van der Waals surface area contributed by atoms with Gasteiger partial charge in [-0.25, -0.2) is 13.2 Å². The summed E-state index contributed by atoms with van der Waals surface area (Å²) in [7, 11) is 0. The standard InChI is InChI=1S/C9H8Cl2F3N.ClH/c10-4-1-2-5(11)9(14)8(4)6(15)3-7(12)13;/h1-2,6-7H,3,15H2;1H/t6-;/m0./s1. The highest BCUT2D eigenvalue weighted by molar-refractivity contribution is 6.33. The second kappa shape index (κ2) is 6.55. The van der Waals surface area contributed by atoms with E-state index in [2.05, 4.69) is 0 Å². The van der Waals surface area contributed by atoms with Crippen molar-refractivity contribution < 1.29 is 13.2 Å². The topological polar surface area (TPSA) is 26.0 Å². The Labute approximate surface area is 107 Å². The van der Waals surface area contributed by atoms with E-state index >= 15 is 0 Å². The van der Waals surface area contributed by atoms with Crippen LogP contribution in [0.5, 0.6) is 0 Å². The number of rotatable bonds is 3. The molecule has 1 nitrogen and oxygen atoms in total. The summed E-state index contributed by atoms with van der Waals surface area (Å²) in [5.41, 5.74) is 5.24. The molecule has 0 spiro atoms. The highest BCUT2D eigenvalue weighted by Crippen LogP contribution is 2.31. The lowest BCUT2D eigenvalue weighted by Gasteiger charge is -2.14. The van der Waals surface area contributed by atoms with Crippen molar-refractivity contribution in [2.24, 2.45) is 5.73 Å². The van der Waals surface area contributed by atoms with Gasteiger partial charge in [0.25, 0.3) is 0 Å². The van der Waals surface area contributed by atoms with Crippen LogP contribution in [-0.2, 0) is 0 Å². The molecule has 7 heteroatoms. The fourth-order valence-corrected chi connectivity index (χ4v) is 1.64. The lowest BCUT2D eigenvalue weighted by molar-refractivity contribution is 0.128. The van der Waals surface area contributed by atoms with Crippen molar-refractivity contribution in [1.29, 1.82) is 0 Å². The number of halogens is 6. The Morgan fingerprint density at radius 2 is 1.69 bits per heavy atom. The molecule has 0 aromatic heterocycles. The second-order valence-corrected chi connectivity index (χ2v) is 3.80. The molecule has 0 radical (unpaired) electrons. The highest BCUT2D eigenvalue weighted by Gasteiger charge is 2.21. The molecule has 1 aromatic carbocycles. The molecule has 1 atom stereocenters. The van der Waals surface area contributed by atoms with Crippen LogP contribution in [0.25, 0.3) is 0 Å². The molecule has 0 aliphatic rings. The summed E-state index contributed by atoms with van der Waals surface area (Å²) < 4.78 is 37.5. The van der Waals surface area contributed by atoms with Gasteiger partial charge in [-0.15, -0.1) is 12.4 Å². The predicted molar refractivity (Wildman–Crippen MR) is 61.2 cm³/mol. The van der Waals surface area contributed by atoms with Gasteiger partial charge in [0.1, 0.15) is 5.82 Å². The van der Waals surface area contributed by atoms with Crippen molar-refractivity contribution in [3.05, 3.63) is 33.6 Å². The van der Waals surface area contributed by atoms with Gasteiger partial charge in [0.2, 0.25) is 6.43 Å². The van der Waals surface area contributed by atoms with E-state index in [1.54, 1.807) is 0 Å². The number of hydrogen-bond acceptors (Lipinski definition) is 1. The van der Waals surface area contributed by atoms with E-state index in [0.717, 1.165) is 0 Å². The normalized spacial score (nSPS) is 12.4. The van der Waals surface area contributed by atoms with Gasteiger partial charge >= 0.3 is 0 Å². The second-order valence-electron chi connectivity index (χ2n) is 2.99. The minimum atomic E-state index is -2.62. The maximum Gasteiger partial charge on any atom is 0.240 e. The fourth-order valence-electron chi connectivity index (χ4n) is 1.19. The molecule has 92 valence electrons. The van der Waals surface area contributed by atoms with Crippen LogP contribution in [0.3, 0.4) is 0 Å².